The normalized spacial score (nSPS) is 11.4. The monoisotopic (exact) mass is 1360 g/mol. The maximum Gasteiger partial charge on any atom is 0.135 e. The average molecular weight is 1370 g/mol. The van der Waals surface area contributed by atoms with E-state index in [1.54, 1.807) is 7.11 Å². The summed E-state index contributed by atoms with van der Waals surface area (Å²) in [6, 6.07) is 89.0. The zero-order valence-corrected chi connectivity index (χ0v) is 58.3. The van der Waals surface area contributed by atoms with Crippen LogP contribution in [0.3, 0.4) is 0 Å². The molecule has 10 aromatic carbocycles. The van der Waals surface area contributed by atoms with Crippen molar-refractivity contribution in [1.29, 1.82) is 0 Å². The lowest BCUT2D eigenvalue weighted by Crippen LogP contribution is -2.15. The summed E-state index contributed by atoms with van der Waals surface area (Å²) in [6.45, 7) is 12.5. The maximum atomic E-state index is 6.97. The van der Waals surface area contributed by atoms with Gasteiger partial charge < -0.3 is 66.3 Å². The van der Waals surface area contributed by atoms with Crippen LogP contribution < -0.4 is 4.74 Å². The fraction of sp³-hybridized carbons (Fsp3) is 0.310. The predicted octanol–water partition coefficient (Wildman–Crippen LogP) is 16.9. The van der Waals surface area contributed by atoms with E-state index in [1.165, 1.54) is 33.4 Å². The molecule has 0 aliphatic heterocycles. The molecule has 10 rings (SSSR count). The summed E-state index contributed by atoms with van der Waals surface area (Å²) in [6.07, 6.45) is 0. The summed E-state index contributed by atoms with van der Waals surface area (Å²) in [5.41, 5.74) is 20.2. The highest BCUT2D eigenvalue weighted by atomic mass is 16.6. The van der Waals surface area contributed by atoms with Crippen LogP contribution in [0.15, 0.2) is 249 Å². The smallest absolute Gasteiger partial charge is 0.135 e. The molecule has 14 nitrogen and oxygen atoms in total. The first kappa shape index (κ1) is 75.2. The molecule has 0 radical (unpaired) electrons. The first-order chi connectivity index (χ1) is 50.2. The van der Waals surface area contributed by atoms with E-state index in [0.717, 1.165) is 72.5 Å². The molecule has 528 valence electrons. The zero-order valence-electron chi connectivity index (χ0n) is 58.3. The summed E-state index contributed by atoms with van der Waals surface area (Å²) in [7, 11) is 1.65. The molecule has 0 unspecified atom stereocenters. The predicted molar refractivity (Wildman–Crippen MR) is 403 cm³/mol. The Morgan fingerprint density at radius 1 is 0.158 bits per heavy atom. The minimum Gasteiger partial charge on any atom is -0.490 e. The Balaban J connectivity index is 0.667. The summed E-state index contributed by atoms with van der Waals surface area (Å²) in [5, 5.41) is 0. The van der Waals surface area contributed by atoms with Gasteiger partial charge in [0.15, 0.2) is 0 Å². The highest BCUT2D eigenvalue weighted by molar-refractivity contribution is 5.90. The van der Waals surface area contributed by atoms with E-state index in [4.69, 9.17) is 66.3 Å². The van der Waals surface area contributed by atoms with Crippen molar-refractivity contribution < 1.29 is 66.3 Å². The van der Waals surface area contributed by atoms with E-state index >= 15 is 0 Å². The lowest BCUT2D eigenvalue weighted by Gasteiger charge is -2.20. The van der Waals surface area contributed by atoms with Gasteiger partial charge in [0.05, 0.1) is 165 Å². The second-order valence-electron chi connectivity index (χ2n) is 23.7. The molecule has 0 fully saturated rings. The molecule has 0 saturated carbocycles. The minimum atomic E-state index is 0.326. The summed E-state index contributed by atoms with van der Waals surface area (Å²) >= 11 is 0. The van der Waals surface area contributed by atoms with Gasteiger partial charge in [-0.3, -0.25) is 0 Å². The third-order valence-corrected chi connectivity index (χ3v) is 16.7. The van der Waals surface area contributed by atoms with Crippen LogP contribution in [0.4, 0.5) is 0 Å². The molecule has 0 aliphatic carbocycles. The van der Waals surface area contributed by atoms with Crippen LogP contribution in [0.25, 0.3) is 100 Å². The molecule has 0 aromatic heterocycles. The molecule has 0 N–H and O–H groups in total. The lowest BCUT2D eigenvalue weighted by atomic mass is 9.90. The van der Waals surface area contributed by atoms with Crippen molar-refractivity contribution in [3.8, 4) is 106 Å². The van der Waals surface area contributed by atoms with E-state index < -0.39 is 0 Å². The third-order valence-electron chi connectivity index (χ3n) is 16.7. The van der Waals surface area contributed by atoms with Crippen molar-refractivity contribution in [2.24, 2.45) is 0 Å². The van der Waals surface area contributed by atoms with E-state index in [9.17, 15) is 0 Å². The first-order valence-electron chi connectivity index (χ1n) is 35.2. The number of ether oxygens (including phenoxy) is 14. The molecule has 0 saturated heterocycles. The Hall–Kier alpha value is -8.52. The van der Waals surface area contributed by atoms with Crippen LogP contribution in [-0.2, 0) is 61.6 Å². The van der Waals surface area contributed by atoms with Crippen LogP contribution in [0.1, 0.15) is 0 Å². The van der Waals surface area contributed by atoms with Gasteiger partial charge >= 0.3 is 0 Å². The number of benzene rings is 10. The summed E-state index contributed by atoms with van der Waals surface area (Å²) in [4.78, 5) is 0. The average Bonchev–Trinajstić information content (AvgIpc) is 0.771. The lowest BCUT2D eigenvalue weighted by molar-refractivity contribution is -0.0289. The van der Waals surface area contributed by atoms with E-state index in [2.05, 4.69) is 237 Å². The number of hydrogen-bond donors (Lipinski definition) is 0. The van der Waals surface area contributed by atoms with Gasteiger partial charge in [-0.25, -0.2) is 0 Å². The molecular weight excluding hydrogens is 1270 g/mol. The van der Waals surface area contributed by atoms with Gasteiger partial charge in [-0.15, -0.1) is 0 Å². The van der Waals surface area contributed by atoms with Crippen LogP contribution in [0.2, 0.25) is 0 Å². The molecule has 0 heterocycles. The zero-order chi connectivity index (χ0) is 69.2. The second-order valence-corrected chi connectivity index (χ2v) is 23.7. The van der Waals surface area contributed by atoms with Crippen molar-refractivity contribution in [3.63, 3.8) is 0 Å². The number of rotatable bonds is 49. The van der Waals surface area contributed by atoms with Gasteiger partial charge in [-0.2, -0.15) is 0 Å². The van der Waals surface area contributed by atoms with Crippen molar-refractivity contribution in [1.82, 2.24) is 0 Å². The third kappa shape index (κ3) is 25.8. The van der Waals surface area contributed by atoms with Crippen LogP contribution in [0.5, 0.6) is 5.75 Å². The summed E-state index contributed by atoms with van der Waals surface area (Å²) in [5.74, 6) is 0.784. The highest BCUT2D eigenvalue weighted by Gasteiger charge is 2.19. The van der Waals surface area contributed by atoms with Crippen LogP contribution in [0, 0.1) is 0 Å². The first-order valence-corrected chi connectivity index (χ1v) is 35.2. The van der Waals surface area contributed by atoms with Gasteiger partial charge in [0.2, 0.25) is 0 Å². The molecular formula is C87H96O14. The van der Waals surface area contributed by atoms with Gasteiger partial charge in [0.1, 0.15) is 12.4 Å². The van der Waals surface area contributed by atoms with Crippen LogP contribution >= 0.6 is 0 Å². The maximum absolute atomic E-state index is 6.97. The Bertz CT molecular complexity index is 3670. The fourth-order valence-electron chi connectivity index (χ4n) is 11.2. The molecule has 10 aromatic rings. The van der Waals surface area contributed by atoms with Gasteiger partial charge in [-0.1, -0.05) is 237 Å². The second kappa shape index (κ2) is 44.7. The largest absolute Gasteiger partial charge is 0.490 e. The molecule has 0 atom stereocenters. The topological polar surface area (TPSA) is 129 Å². The van der Waals surface area contributed by atoms with Crippen molar-refractivity contribution in [2.45, 2.75) is 0 Å². The Morgan fingerprint density at radius 3 is 0.515 bits per heavy atom. The molecule has 101 heavy (non-hydrogen) atoms. The van der Waals surface area contributed by atoms with Crippen molar-refractivity contribution in [3.05, 3.63) is 249 Å². The van der Waals surface area contributed by atoms with E-state index in [-0.39, 0.29) is 0 Å². The molecule has 0 aliphatic rings. The van der Waals surface area contributed by atoms with Crippen LogP contribution in [-0.4, -0.2) is 179 Å². The Kier molecular flexibility index (Phi) is 33.2. The molecule has 0 spiro atoms. The molecule has 0 amide bonds. The minimum absolute atomic E-state index is 0.326. The van der Waals surface area contributed by atoms with Gasteiger partial charge in [0, 0.05) is 18.2 Å². The van der Waals surface area contributed by atoms with Crippen molar-refractivity contribution >= 4 is 0 Å². The van der Waals surface area contributed by atoms with E-state index in [1.807, 2.05) is 12.1 Å². The van der Waals surface area contributed by atoms with E-state index in [0.29, 0.717) is 172 Å². The standard InChI is InChI=1S/C87H96O14/c1-88-41-42-89-43-44-90-45-46-91-47-48-92-49-50-93-51-52-94-53-54-95-55-56-96-57-58-97-59-60-98-61-62-99-63-64-100-65-66-101-87-85(82-37-33-79(34-38-82)76-25-19-73(20-26-76)70-13-7-3-8-14-70)67-84(81-31-29-78(30-32-81)75-23-17-72(18-24-75)69-11-5-2-6-12-69)68-86(87)83-39-35-80(36-40-83)77-27-21-74(22-28-77)71-15-9-4-10-16-71/h2-40,67-68H,41-66H2,1H3. The molecule has 14 heteroatoms. The van der Waals surface area contributed by atoms with Gasteiger partial charge in [-0.05, 0) is 101 Å². The SMILES string of the molecule is COCCOCCOCCOCCOCCOCCOCCOCCOCCOCCOCCOCCOCCOc1c(-c2ccc(-c3ccc(-c4ccccc4)cc3)cc2)cc(-c2ccc(-c3ccc(-c4ccccc4)cc3)cc2)cc1-c1ccc(-c2ccc(-c3ccccc3)cc2)cc1. The summed E-state index contributed by atoms with van der Waals surface area (Å²) < 4.78 is 79.5. The quantitative estimate of drug-likeness (QED) is 0.0335. The Labute approximate surface area is 596 Å². The Morgan fingerprint density at radius 2 is 0.317 bits per heavy atom. The highest BCUT2D eigenvalue weighted by Crippen LogP contribution is 2.44. The number of hydrogen-bond acceptors (Lipinski definition) is 14. The fourth-order valence-corrected chi connectivity index (χ4v) is 11.2. The number of methoxy groups -OCH3 is 1. The van der Waals surface area contributed by atoms with Crippen molar-refractivity contribution in [2.75, 3.05) is 179 Å². The molecule has 0 bridgehead atoms. The van der Waals surface area contributed by atoms with Gasteiger partial charge in [0.25, 0.3) is 0 Å².